The van der Waals surface area contributed by atoms with Crippen molar-refractivity contribution in [3.63, 3.8) is 0 Å². The normalized spacial score (nSPS) is 17.0. The van der Waals surface area contributed by atoms with E-state index in [1.807, 2.05) is 0 Å². The highest BCUT2D eigenvalue weighted by Gasteiger charge is 2.18. The second kappa shape index (κ2) is 7.62. The Balaban J connectivity index is 1.85. The van der Waals surface area contributed by atoms with Crippen LogP contribution in [0.3, 0.4) is 0 Å². The van der Waals surface area contributed by atoms with Crippen LogP contribution in [-0.4, -0.2) is 30.6 Å². The Kier molecular flexibility index (Phi) is 6.12. The molecule has 1 aromatic rings. The standard InChI is InChI=1S/C16H22Br2N2/c1-12(2)5-8-20-9-6-14(7-10-20)19-16-11-13(17)3-4-15(16)18/h3-5,11,14,19H,6-10H2,1-2H3. The zero-order valence-electron chi connectivity index (χ0n) is 12.1. The third-order valence-electron chi connectivity index (χ3n) is 3.63. The summed E-state index contributed by atoms with van der Waals surface area (Å²) in [7, 11) is 0. The third-order valence-corrected chi connectivity index (χ3v) is 4.82. The predicted octanol–water partition coefficient (Wildman–Crippen LogP) is 5.05. The molecule has 1 aliphatic rings. The fourth-order valence-electron chi connectivity index (χ4n) is 2.40. The summed E-state index contributed by atoms with van der Waals surface area (Å²) in [6.07, 6.45) is 4.73. The molecule has 0 unspecified atom stereocenters. The molecule has 0 radical (unpaired) electrons. The minimum absolute atomic E-state index is 0.573. The fraction of sp³-hybridized carbons (Fsp3) is 0.500. The molecule has 20 heavy (non-hydrogen) atoms. The third kappa shape index (κ3) is 4.90. The van der Waals surface area contributed by atoms with Gasteiger partial charge in [0.1, 0.15) is 0 Å². The van der Waals surface area contributed by atoms with E-state index in [2.05, 4.69) is 80.2 Å². The summed E-state index contributed by atoms with van der Waals surface area (Å²) in [4.78, 5) is 2.53. The SMILES string of the molecule is CC(C)=CCN1CCC(Nc2cc(Br)ccc2Br)CC1. The van der Waals surface area contributed by atoms with Gasteiger partial charge in [0, 0.05) is 40.3 Å². The number of piperidine rings is 1. The average molecular weight is 402 g/mol. The molecular weight excluding hydrogens is 380 g/mol. The Bertz CT molecular complexity index is 473. The molecule has 2 rings (SSSR count). The van der Waals surface area contributed by atoms with Crippen molar-refractivity contribution in [2.45, 2.75) is 32.7 Å². The van der Waals surface area contributed by atoms with E-state index in [1.165, 1.54) is 37.2 Å². The number of benzene rings is 1. The highest BCUT2D eigenvalue weighted by Crippen LogP contribution is 2.28. The summed E-state index contributed by atoms with van der Waals surface area (Å²) in [6, 6.07) is 6.84. The summed E-state index contributed by atoms with van der Waals surface area (Å²) in [5.41, 5.74) is 2.59. The molecule has 0 atom stereocenters. The number of allylic oxidation sites excluding steroid dienone is 1. The van der Waals surface area contributed by atoms with Crippen molar-refractivity contribution in [2.75, 3.05) is 25.0 Å². The van der Waals surface area contributed by atoms with Gasteiger partial charge in [-0.05, 0) is 60.8 Å². The number of hydrogen-bond donors (Lipinski definition) is 1. The zero-order valence-corrected chi connectivity index (χ0v) is 15.3. The van der Waals surface area contributed by atoms with Crippen molar-refractivity contribution < 1.29 is 0 Å². The quantitative estimate of drug-likeness (QED) is 0.709. The van der Waals surface area contributed by atoms with Crippen molar-refractivity contribution >= 4 is 37.5 Å². The van der Waals surface area contributed by atoms with Crippen molar-refractivity contribution in [1.82, 2.24) is 4.90 Å². The molecule has 0 aliphatic carbocycles. The minimum Gasteiger partial charge on any atom is -0.381 e. The van der Waals surface area contributed by atoms with Crippen molar-refractivity contribution in [1.29, 1.82) is 0 Å². The maximum atomic E-state index is 3.66. The summed E-state index contributed by atoms with van der Waals surface area (Å²) < 4.78 is 2.25. The molecule has 0 saturated carbocycles. The van der Waals surface area contributed by atoms with Gasteiger partial charge in [0.2, 0.25) is 0 Å². The van der Waals surface area contributed by atoms with Crippen LogP contribution in [0.4, 0.5) is 5.69 Å². The Morgan fingerprint density at radius 3 is 2.65 bits per heavy atom. The number of halogens is 2. The van der Waals surface area contributed by atoms with Gasteiger partial charge in [0.25, 0.3) is 0 Å². The first-order chi connectivity index (χ1) is 9.54. The zero-order chi connectivity index (χ0) is 14.5. The minimum atomic E-state index is 0.573. The topological polar surface area (TPSA) is 15.3 Å². The van der Waals surface area contributed by atoms with Gasteiger partial charge in [-0.25, -0.2) is 0 Å². The van der Waals surface area contributed by atoms with Crippen LogP contribution in [0.5, 0.6) is 0 Å². The maximum absolute atomic E-state index is 3.66. The van der Waals surface area contributed by atoms with Crippen LogP contribution in [0, 0.1) is 0 Å². The van der Waals surface area contributed by atoms with E-state index in [0.29, 0.717) is 6.04 Å². The van der Waals surface area contributed by atoms with Gasteiger partial charge in [-0.15, -0.1) is 0 Å². The van der Waals surface area contributed by atoms with Crippen molar-refractivity contribution in [3.8, 4) is 0 Å². The van der Waals surface area contributed by atoms with Gasteiger partial charge < -0.3 is 5.32 Å². The highest BCUT2D eigenvalue weighted by molar-refractivity contribution is 9.11. The molecule has 0 spiro atoms. The van der Waals surface area contributed by atoms with Crippen LogP contribution in [0.25, 0.3) is 0 Å². The lowest BCUT2D eigenvalue weighted by atomic mass is 10.0. The number of hydrogen-bond acceptors (Lipinski definition) is 2. The lowest BCUT2D eigenvalue weighted by Crippen LogP contribution is -2.39. The second-order valence-electron chi connectivity index (χ2n) is 5.62. The number of rotatable bonds is 4. The summed E-state index contributed by atoms with van der Waals surface area (Å²) >= 11 is 7.14. The molecule has 0 bridgehead atoms. The number of nitrogens with one attached hydrogen (secondary N) is 1. The first-order valence-electron chi connectivity index (χ1n) is 7.12. The molecule has 4 heteroatoms. The van der Waals surface area contributed by atoms with E-state index in [0.717, 1.165) is 15.5 Å². The van der Waals surface area contributed by atoms with Crippen molar-refractivity contribution in [3.05, 3.63) is 38.8 Å². The Hall–Kier alpha value is -0.320. The molecule has 1 aromatic carbocycles. The Labute approximate surface area is 138 Å². The van der Waals surface area contributed by atoms with E-state index < -0.39 is 0 Å². The number of nitrogens with zero attached hydrogens (tertiary/aromatic N) is 1. The molecule has 1 saturated heterocycles. The van der Waals surface area contributed by atoms with E-state index in [-0.39, 0.29) is 0 Å². The van der Waals surface area contributed by atoms with Crippen LogP contribution >= 0.6 is 31.9 Å². The van der Waals surface area contributed by atoms with Gasteiger partial charge >= 0.3 is 0 Å². The number of likely N-dealkylation sites (tertiary alicyclic amines) is 1. The number of anilines is 1. The summed E-state index contributed by atoms with van der Waals surface area (Å²) in [5, 5.41) is 3.66. The molecular formula is C16H22Br2N2. The molecule has 1 fully saturated rings. The summed E-state index contributed by atoms with van der Waals surface area (Å²) in [5.74, 6) is 0. The van der Waals surface area contributed by atoms with Crippen LogP contribution in [0.2, 0.25) is 0 Å². The smallest absolute Gasteiger partial charge is 0.0498 e. The van der Waals surface area contributed by atoms with E-state index >= 15 is 0 Å². The maximum Gasteiger partial charge on any atom is 0.0498 e. The van der Waals surface area contributed by atoms with Gasteiger partial charge in [0.05, 0.1) is 0 Å². The molecule has 0 amide bonds. The largest absolute Gasteiger partial charge is 0.381 e. The molecule has 0 aromatic heterocycles. The lowest BCUT2D eigenvalue weighted by molar-refractivity contribution is 0.240. The van der Waals surface area contributed by atoms with E-state index in [4.69, 9.17) is 0 Å². The van der Waals surface area contributed by atoms with Gasteiger partial charge in [-0.2, -0.15) is 0 Å². The molecule has 1 N–H and O–H groups in total. The van der Waals surface area contributed by atoms with Crippen LogP contribution < -0.4 is 5.32 Å². The second-order valence-corrected chi connectivity index (χ2v) is 7.39. The monoisotopic (exact) mass is 400 g/mol. The Morgan fingerprint density at radius 1 is 1.30 bits per heavy atom. The molecule has 1 heterocycles. The molecule has 2 nitrogen and oxygen atoms in total. The van der Waals surface area contributed by atoms with Gasteiger partial charge in [-0.1, -0.05) is 27.6 Å². The lowest BCUT2D eigenvalue weighted by Gasteiger charge is -2.32. The van der Waals surface area contributed by atoms with Gasteiger partial charge in [0.15, 0.2) is 0 Å². The summed E-state index contributed by atoms with van der Waals surface area (Å²) in [6.45, 7) is 7.77. The van der Waals surface area contributed by atoms with E-state index in [1.54, 1.807) is 0 Å². The molecule has 1 aliphatic heterocycles. The van der Waals surface area contributed by atoms with Crippen LogP contribution in [0.15, 0.2) is 38.8 Å². The van der Waals surface area contributed by atoms with Crippen LogP contribution in [-0.2, 0) is 0 Å². The highest BCUT2D eigenvalue weighted by atomic mass is 79.9. The fourth-order valence-corrected chi connectivity index (χ4v) is 3.12. The molecule has 110 valence electrons. The average Bonchev–Trinajstić information content (AvgIpc) is 2.42. The first-order valence-corrected chi connectivity index (χ1v) is 8.70. The van der Waals surface area contributed by atoms with E-state index in [9.17, 15) is 0 Å². The Morgan fingerprint density at radius 2 is 2.00 bits per heavy atom. The predicted molar refractivity (Wildman–Crippen MR) is 94.4 cm³/mol. The van der Waals surface area contributed by atoms with Crippen LogP contribution in [0.1, 0.15) is 26.7 Å². The first kappa shape index (κ1) is 16.1. The van der Waals surface area contributed by atoms with Crippen molar-refractivity contribution in [2.24, 2.45) is 0 Å². The van der Waals surface area contributed by atoms with Gasteiger partial charge in [-0.3, -0.25) is 4.90 Å².